The fraction of sp³-hybridized carbons (Fsp3) is 0.417. The van der Waals surface area contributed by atoms with Crippen LogP contribution in [0.4, 0.5) is 10.6 Å². The Morgan fingerprint density at radius 2 is 1.95 bits per heavy atom. The third-order valence-corrected chi connectivity index (χ3v) is 2.25. The second-order valence-electron chi connectivity index (χ2n) is 3.88. The van der Waals surface area contributed by atoms with Crippen LogP contribution in [0.25, 0.3) is 0 Å². The van der Waals surface area contributed by atoms with E-state index in [1.54, 1.807) is 18.2 Å². The van der Waals surface area contributed by atoms with Crippen LogP contribution < -0.4 is 21.7 Å². The molecule has 1 aromatic rings. The number of aromatic nitrogens is 1. The molecule has 0 aromatic carbocycles. The Bertz CT molecular complexity index is 436. The molecule has 0 spiro atoms. The summed E-state index contributed by atoms with van der Waals surface area (Å²) in [5.74, 6) is 0.385. The lowest BCUT2D eigenvalue weighted by Gasteiger charge is -2.07. The van der Waals surface area contributed by atoms with Gasteiger partial charge in [-0.05, 0) is 18.6 Å². The highest BCUT2D eigenvalue weighted by atomic mass is 16.2. The molecular formula is C12H19N5O2. The number of nitrogens with two attached hydrogens (primary N) is 1. The Morgan fingerprint density at radius 1 is 1.21 bits per heavy atom. The summed E-state index contributed by atoms with van der Waals surface area (Å²) in [5, 5.41) is 8.13. The van der Waals surface area contributed by atoms with Gasteiger partial charge in [-0.25, -0.2) is 9.78 Å². The van der Waals surface area contributed by atoms with Gasteiger partial charge in [-0.1, -0.05) is 13.0 Å². The van der Waals surface area contributed by atoms with Crippen molar-refractivity contribution in [3.63, 3.8) is 0 Å². The summed E-state index contributed by atoms with van der Waals surface area (Å²) in [6.45, 7) is 3.45. The Morgan fingerprint density at radius 3 is 2.63 bits per heavy atom. The van der Waals surface area contributed by atoms with Crippen LogP contribution in [0.3, 0.4) is 0 Å². The van der Waals surface area contributed by atoms with E-state index in [0.29, 0.717) is 18.1 Å². The van der Waals surface area contributed by atoms with E-state index in [1.165, 1.54) is 0 Å². The van der Waals surface area contributed by atoms with Gasteiger partial charge in [0.1, 0.15) is 11.5 Å². The van der Waals surface area contributed by atoms with Crippen LogP contribution in [0.15, 0.2) is 18.2 Å². The van der Waals surface area contributed by atoms with Gasteiger partial charge < -0.3 is 21.7 Å². The van der Waals surface area contributed by atoms with Crippen LogP contribution in [0.1, 0.15) is 23.8 Å². The molecule has 5 N–H and O–H groups in total. The first-order valence-electron chi connectivity index (χ1n) is 6.16. The lowest BCUT2D eigenvalue weighted by atomic mass is 10.3. The second kappa shape index (κ2) is 7.91. The third-order valence-electron chi connectivity index (χ3n) is 2.25. The molecule has 0 aliphatic heterocycles. The van der Waals surface area contributed by atoms with Crippen molar-refractivity contribution in [1.82, 2.24) is 15.6 Å². The topological polar surface area (TPSA) is 109 Å². The molecule has 0 unspecified atom stereocenters. The number of rotatable bonds is 7. The van der Waals surface area contributed by atoms with Crippen LogP contribution >= 0.6 is 0 Å². The summed E-state index contributed by atoms with van der Waals surface area (Å²) >= 11 is 0. The quantitative estimate of drug-likeness (QED) is 0.532. The highest BCUT2D eigenvalue weighted by Gasteiger charge is 2.07. The Balaban J connectivity index is 2.45. The van der Waals surface area contributed by atoms with Crippen molar-refractivity contribution < 1.29 is 9.59 Å². The van der Waals surface area contributed by atoms with Crippen molar-refractivity contribution in [2.75, 3.05) is 25.0 Å². The molecule has 0 aliphatic rings. The predicted molar refractivity (Wildman–Crippen MR) is 72.9 cm³/mol. The standard InChI is InChI=1S/C12H19N5O2/c1-2-6-14-10-5-3-4-9(17-10)11(18)15-7-8-16-12(13)19/h3-5H,2,6-8H2,1H3,(H,14,17)(H,15,18)(H3,13,16,19). The molecule has 0 atom stereocenters. The van der Waals surface area contributed by atoms with Gasteiger partial charge in [0.15, 0.2) is 0 Å². The van der Waals surface area contributed by atoms with Crippen LogP contribution in [-0.2, 0) is 0 Å². The molecule has 7 nitrogen and oxygen atoms in total. The van der Waals surface area contributed by atoms with Crippen molar-refractivity contribution >= 4 is 17.8 Å². The van der Waals surface area contributed by atoms with Crippen molar-refractivity contribution in [2.24, 2.45) is 5.73 Å². The average Bonchev–Trinajstić information content (AvgIpc) is 2.41. The lowest BCUT2D eigenvalue weighted by Crippen LogP contribution is -2.37. The number of nitrogens with zero attached hydrogens (tertiary/aromatic N) is 1. The number of hydrogen-bond acceptors (Lipinski definition) is 4. The van der Waals surface area contributed by atoms with Crippen LogP contribution in [0.5, 0.6) is 0 Å². The van der Waals surface area contributed by atoms with Crippen LogP contribution in [0, 0.1) is 0 Å². The number of carbonyl (C=O) groups is 2. The zero-order valence-corrected chi connectivity index (χ0v) is 10.9. The minimum atomic E-state index is -0.613. The Hall–Kier alpha value is -2.31. The van der Waals surface area contributed by atoms with Crippen molar-refractivity contribution in [1.29, 1.82) is 0 Å². The maximum Gasteiger partial charge on any atom is 0.312 e. The molecule has 3 amide bonds. The van der Waals surface area contributed by atoms with Crippen molar-refractivity contribution in [3.8, 4) is 0 Å². The molecular weight excluding hydrogens is 246 g/mol. The summed E-state index contributed by atoms with van der Waals surface area (Å²) in [7, 11) is 0. The number of hydrogen-bond donors (Lipinski definition) is 4. The van der Waals surface area contributed by atoms with Gasteiger partial charge >= 0.3 is 6.03 Å². The minimum Gasteiger partial charge on any atom is -0.370 e. The molecule has 0 fully saturated rings. The summed E-state index contributed by atoms with van der Waals surface area (Å²) in [6, 6.07) is 4.59. The molecule has 0 bridgehead atoms. The van der Waals surface area contributed by atoms with Gasteiger partial charge in [-0.2, -0.15) is 0 Å². The minimum absolute atomic E-state index is 0.286. The molecule has 0 saturated heterocycles. The molecule has 1 aromatic heterocycles. The maximum absolute atomic E-state index is 11.8. The van der Waals surface area contributed by atoms with E-state index in [0.717, 1.165) is 13.0 Å². The van der Waals surface area contributed by atoms with Gasteiger partial charge in [0.05, 0.1) is 0 Å². The Labute approximate surface area is 112 Å². The fourth-order valence-corrected chi connectivity index (χ4v) is 1.36. The van der Waals surface area contributed by atoms with Crippen molar-refractivity contribution in [3.05, 3.63) is 23.9 Å². The first kappa shape index (κ1) is 14.7. The summed E-state index contributed by atoms with van der Waals surface area (Å²) < 4.78 is 0. The van der Waals surface area contributed by atoms with E-state index in [4.69, 9.17) is 5.73 Å². The number of nitrogens with one attached hydrogen (secondary N) is 3. The number of amides is 3. The summed E-state index contributed by atoms with van der Waals surface area (Å²) in [6.07, 6.45) is 0.983. The van der Waals surface area contributed by atoms with Gasteiger partial charge in [-0.3, -0.25) is 4.79 Å². The van der Waals surface area contributed by atoms with E-state index in [9.17, 15) is 9.59 Å². The van der Waals surface area contributed by atoms with Crippen LogP contribution in [-0.4, -0.2) is 36.6 Å². The summed E-state index contributed by atoms with van der Waals surface area (Å²) in [4.78, 5) is 26.4. The van der Waals surface area contributed by atoms with Gasteiger partial charge in [-0.15, -0.1) is 0 Å². The molecule has 7 heteroatoms. The van der Waals surface area contributed by atoms with Gasteiger partial charge in [0.2, 0.25) is 0 Å². The average molecular weight is 265 g/mol. The van der Waals surface area contributed by atoms with E-state index < -0.39 is 6.03 Å². The number of anilines is 1. The smallest absolute Gasteiger partial charge is 0.312 e. The largest absolute Gasteiger partial charge is 0.370 e. The number of pyridine rings is 1. The molecule has 0 saturated carbocycles. The fourth-order valence-electron chi connectivity index (χ4n) is 1.36. The van der Waals surface area contributed by atoms with Crippen molar-refractivity contribution in [2.45, 2.75) is 13.3 Å². The van der Waals surface area contributed by atoms with Gasteiger partial charge in [0, 0.05) is 19.6 Å². The van der Waals surface area contributed by atoms with E-state index in [1.807, 2.05) is 0 Å². The first-order valence-corrected chi connectivity index (χ1v) is 6.16. The zero-order chi connectivity index (χ0) is 14.1. The number of carbonyl (C=O) groups excluding carboxylic acids is 2. The predicted octanol–water partition coefficient (Wildman–Crippen LogP) is 0.302. The normalized spacial score (nSPS) is 9.74. The third kappa shape index (κ3) is 5.71. The highest BCUT2D eigenvalue weighted by molar-refractivity contribution is 5.92. The van der Waals surface area contributed by atoms with E-state index in [-0.39, 0.29) is 12.5 Å². The lowest BCUT2D eigenvalue weighted by molar-refractivity contribution is 0.0949. The highest BCUT2D eigenvalue weighted by Crippen LogP contribution is 2.04. The molecule has 1 heterocycles. The zero-order valence-electron chi connectivity index (χ0n) is 10.9. The SMILES string of the molecule is CCCNc1cccc(C(=O)NCCNC(N)=O)n1. The maximum atomic E-state index is 11.8. The molecule has 0 aliphatic carbocycles. The molecule has 0 radical (unpaired) electrons. The first-order chi connectivity index (χ1) is 9.13. The monoisotopic (exact) mass is 265 g/mol. The van der Waals surface area contributed by atoms with E-state index >= 15 is 0 Å². The summed E-state index contributed by atoms with van der Waals surface area (Å²) in [5.41, 5.74) is 5.24. The molecule has 1 rings (SSSR count). The second-order valence-corrected chi connectivity index (χ2v) is 3.88. The number of urea groups is 1. The van der Waals surface area contributed by atoms with E-state index in [2.05, 4.69) is 27.9 Å². The molecule has 104 valence electrons. The van der Waals surface area contributed by atoms with Gasteiger partial charge in [0.25, 0.3) is 5.91 Å². The Kier molecular flexibility index (Phi) is 6.14. The molecule has 19 heavy (non-hydrogen) atoms. The number of primary amides is 1. The van der Waals surface area contributed by atoms with Crippen LogP contribution in [0.2, 0.25) is 0 Å².